The van der Waals surface area contributed by atoms with E-state index >= 15 is 0 Å². The summed E-state index contributed by atoms with van der Waals surface area (Å²) >= 11 is 0. The molecule has 2 rings (SSSR count). The van der Waals surface area contributed by atoms with E-state index in [1.54, 1.807) is 24.5 Å². The van der Waals surface area contributed by atoms with E-state index in [0.29, 0.717) is 5.56 Å². The van der Waals surface area contributed by atoms with Gasteiger partial charge in [0, 0.05) is 18.0 Å². The van der Waals surface area contributed by atoms with Crippen LogP contribution >= 0.6 is 0 Å². The molecule has 1 N–H and O–H groups in total. The molecule has 0 atom stereocenters. The minimum atomic E-state index is -0.428. The Morgan fingerprint density at radius 1 is 1.33 bits per heavy atom. The van der Waals surface area contributed by atoms with Gasteiger partial charge in [-0.2, -0.15) is 9.49 Å². The molecule has 12 heavy (non-hydrogen) atoms. The maximum Gasteiger partial charge on any atom is 0.216 e. The van der Waals surface area contributed by atoms with Crippen molar-refractivity contribution >= 4 is 0 Å². The highest BCUT2D eigenvalue weighted by molar-refractivity contribution is 5.60. The van der Waals surface area contributed by atoms with Gasteiger partial charge in [0.1, 0.15) is 0 Å². The van der Waals surface area contributed by atoms with Crippen LogP contribution in [0.5, 0.6) is 0 Å². The van der Waals surface area contributed by atoms with Crippen LogP contribution in [-0.4, -0.2) is 15.2 Å². The van der Waals surface area contributed by atoms with Gasteiger partial charge in [-0.25, -0.2) is 0 Å². The maximum absolute atomic E-state index is 12.9. The number of nitrogens with zero attached hydrogens (tertiary/aromatic N) is 2. The fourth-order valence-corrected chi connectivity index (χ4v) is 0.994. The molecule has 2 aromatic heterocycles. The van der Waals surface area contributed by atoms with Crippen molar-refractivity contribution in [3.63, 3.8) is 0 Å². The molecule has 0 saturated carbocycles. The van der Waals surface area contributed by atoms with E-state index in [-0.39, 0.29) is 0 Å². The molecular formula is C8H6FN3. The standard InChI is InChI=1S/C8H6FN3/c9-8-7(5-11-12-8)6-2-1-3-10-4-6/h1-5H,(H,11,12). The van der Waals surface area contributed by atoms with Crippen molar-refractivity contribution in [2.45, 2.75) is 0 Å². The van der Waals surface area contributed by atoms with E-state index in [1.807, 2.05) is 0 Å². The summed E-state index contributed by atoms with van der Waals surface area (Å²) in [4.78, 5) is 3.87. The van der Waals surface area contributed by atoms with Crippen LogP contribution in [-0.2, 0) is 0 Å². The first kappa shape index (κ1) is 6.97. The second-order valence-electron chi connectivity index (χ2n) is 2.34. The summed E-state index contributed by atoms with van der Waals surface area (Å²) < 4.78 is 12.9. The summed E-state index contributed by atoms with van der Waals surface area (Å²) in [5.74, 6) is -0.428. The van der Waals surface area contributed by atoms with Crippen LogP contribution in [0.1, 0.15) is 0 Å². The molecule has 0 unspecified atom stereocenters. The molecular weight excluding hydrogens is 157 g/mol. The number of rotatable bonds is 1. The molecule has 0 aliphatic heterocycles. The number of aromatic amines is 1. The van der Waals surface area contributed by atoms with Crippen LogP contribution in [0.15, 0.2) is 30.7 Å². The predicted octanol–water partition coefficient (Wildman–Crippen LogP) is 1.61. The van der Waals surface area contributed by atoms with Crippen LogP contribution in [0, 0.1) is 5.95 Å². The zero-order valence-electron chi connectivity index (χ0n) is 6.16. The van der Waals surface area contributed by atoms with E-state index in [4.69, 9.17) is 0 Å². The van der Waals surface area contributed by atoms with Crippen molar-refractivity contribution in [3.8, 4) is 11.1 Å². The fraction of sp³-hybridized carbons (Fsp3) is 0. The minimum Gasteiger partial charge on any atom is -0.264 e. The Labute approximate surface area is 68.3 Å². The highest BCUT2D eigenvalue weighted by Gasteiger charge is 2.05. The van der Waals surface area contributed by atoms with Crippen LogP contribution < -0.4 is 0 Å². The highest BCUT2D eigenvalue weighted by Crippen LogP contribution is 2.18. The summed E-state index contributed by atoms with van der Waals surface area (Å²) in [6, 6.07) is 3.53. The lowest BCUT2D eigenvalue weighted by Gasteiger charge is -1.93. The smallest absolute Gasteiger partial charge is 0.216 e. The van der Waals surface area contributed by atoms with Crippen molar-refractivity contribution in [2.75, 3.05) is 0 Å². The molecule has 0 aliphatic rings. The minimum absolute atomic E-state index is 0.428. The topological polar surface area (TPSA) is 41.6 Å². The summed E-state index contributed by atoms with van der Waals surface area (Å²) in [6.07, 6.45) is 4.67. The van der Waals surface area contributed by atoms with E-state index in [0.717, 1.165) is 5.56 Å². The number of halogens is 1. The fourth-order valence-electron chi connectivity index (χ4n) is 0.994. The van der Waals surface area contributed by atoms with Crippen molar-refractivity contribution in [3.05, 3.63) is 36.7 Å². The zero-order valence-corrected chi connectivity index (χ0v) is 6.16. The predicted molar refractivity (Wildman–Crippen MR) is 41.8 cm³/mol. The normalized spacial score (nSPS) is 10.1. The number of hydrogen-bond acceptors (Lipinski definition) is 2. The van der Waals surface area contributed by atoms with Crippen molar-refractivity contribution in [2.24, 2.45) is 0 Å². The molecule has 0 aromatic carbocycles. The molecule has 0 amide bonds. The van der Waals surface area contributed by atoms with Crippen LogP contribution in [0.3, 0.4) is 0 Å². The molecule has 0 saturated heterocycles. The molecule has 2 heterocycles. The Kier molecular flexibility index (Phi) is 1.59. The van der Waals surface area contributed by atoms with E-state index in [2.05, 4.69) is 15.2 Å². The Bertz CT molecular complexity index is 369. The number of H-pyrrole nitrogens is 1. The van der Waals surface area contributed by atoms with E-state index in [1.165, 1.54) is 6.20 Å². The molecule has 0 fully saturated rings. The average Bonchev–Trinajstić information content (AvgIpc) is 2.53. The lowest BCUT2D eigenvalue weighted by atomic mass is 10.2. The number of hydrogen-bond donors (Lipinski definition) is 1. The third-order valence-electron chi connectivity index (χ3n) is 1.57. The molecule has 3 nitrogen and oxygen atoms in total. The molecule has 0 bridgehead atoms. The van der Waals surface area contributed by atoms with Gasteiger partial charge in [-0.05, 0) is 6.07 Å². The third kappa shape index (κ3) is 1.07. The summed E-state index contributed by atoms with van der Waals surface area (Å²) in [6.45, 7) is 0. The van der Waals surface area contributed by atoms with Gasteiger partial charge >= 0.3 is 0 Å². The Hall–Kier alpha value is -1.71. The monoisotopic (exact) mass is 163 g/mol. The Morgan fingerprint density at radius 3 is 2.83 bits per heavy atom. The highest BCUT2D eigenvalue weighted by atomic mass is 19.1. The molecule has 2 aromatic rings. The van der Waals surface area contributed by atoms with Gasteiger partial charge in [0.05, 0.1) is 11.8 Å². The van der Waals surface area contributed by atoms with Gasteiger partial charge in [-0.1, -0.05) is 6.07 Å². The Balaban J connectivity index is 2.51. The quantitative estimate of drug-likeness (QED) is 0.693. The molecule has 4 heteroatoms. The first-order valence-electron chi connectivity index (χ1n) is 3.47. The van der Waals surface area contributed by atoms with E-state index in [9.17, 15) is 4.39 Å². The second-order valence-corrected chi connectivity index (χ2v) is 2.34. The number of pyridine rings is 1. The van der Waals surface area contributed by atoms with Gasteiger partial charge in [-0.15, -0.1) is 0 Å². The molecule has 0 aliphatic carbocycles. The largest absolute Gasteiger partial charge is 0.264 e. The summed E-state index contributed by atoms with van der Waals surface area (Å²) in [5.41, 5.74) is 1.17. The lowest BCUT2D eigenvalue weighted by molar-refractivity contribution is 0.582. The van der Waals surface area contributed by atoms with Gasteiger partial charge in [0.15, 0.2) is 0 Å². The first-order chi connectivity index (χ1) is 5.88. The summed E-state index contributed by atoms with van der Waals surface area (Å²) in [7, 11) is 0. The second kappa shape index (κ2) is 2.73. The molecule has 60 valence electrons. The summed E-state index contributed by atoms with van der Waals surface area (Å²) in [5, 5.41) is 5.79. The van der Waals surface area contributed by atoms with Crippen LogP contribution in [0.2, 0.25) is 0 Å². The lowest BCUT2D eigenvalue weighted by Crippen LogP contribution is -1.80. The van der Waals surface area contributed by atoms with Crippen molar-refractivity contribution < 1.29 is 4.39 Å². The zero-order chi connectivity index (χ0) is 8.39. The average molecular weight is 163 g/mol. The third-order valence-corrected chi connectivity index (χ3v) is 1.57. The van der Waals surface area contributed by atoms with Crippen LogP contribution in [0.25, 0.3) is 11.1 Å². The number of nitrogens with one attached hydrogen (secondary N) is 1. The first-order valence-corrected chi connectivity index (χ1v) is 3.47. The van der Waals surface area contributed by atoms with Gasteiger partial charge < -0.3 is 0 Å². The maximum atomic E-state index is 12.9. The SMILES string of the molecule is Fc1[nH]ncc1-c1cccnc1. The Morgan fingerprint density at radius 2 is 2.25 bits per heavy atom. The van der Waals surface area contributed by atoms with Crippen molar-refractivity contribution in [1.82, 2.24) is 15.2 Å². The van der Waals surface area contributed by atoms with Gasteiger partial charge in [-0.3, -0.25) is 10.1 Å². The number of aromatic nitrogens is 3. The van der Waals surface area contributed by atoms with Gasteiger partial charge in [0.2, 0.25) is 5.95 Å². The van der Waals surface area contributed by atoms with E-state index < -0.39 is 5.95 Å². The van der Waals surface area contributed by atoms with Crippen molar-refractivity contribution in [1.29, 1.82) is 0 Å². The molecule has 0 radical (unpaired) electrons. The molecule has 0 spiro atoms. The van der Waals surface area contributed by atoms with Gasteiger partial charge in [0.25, 0.3) is 0 Å². The van der Waals surface area contributed by atoms with Crippen LogP contribution in [0.4, 0.5) is 4.39 Å².